The van der Waals surface area contributed by atoms with Crippen molar-refractivity contribution in [2.24, 2.45) is 11.8 Å². The van der Waals surface area contributed by atoms with Crippen LogP contribution in [0.15, 0.2) is 0 Å². The Balaban J connectivity index is 3.06. The summed E-state index contributed by atoms with van der Waals surface area (Å²) >= 11 is 0. The van der Waals surface area contributed by atoms with Gasteiger partial charge in [0, 0.05) is 12.8 Å². The van der Waals surface area contributed by atoms with Crippen molar-refractivity contribution in [3.05, 3.63) is 0 Å². The van der Waals surface area contributed by atoms with Gasteiger partial charge in [0.25, 0.3) is 0 Å². The molecule has 0 aromatic carbocycles. The van der Waals surface area contributed by atoms with E-state index in [-0.39, 0.29) is 28.3 Å². The van der Waals surface area contributed by atoms with Crippen molar-refractivity contribution >= 4 is 28.9 Å². The number of esters is 1. The molecule has 0 amide bonds. The van der Waals surface area contributed by atoms with Crippen LogP contribution in [0.2, 0.25) is 36.3 Å². The summed E-state index contributed by atoms with van der Waals surface area (Å²) in [6.45, 7) is 23.2. The second-order valence-electron chi connectivity index (χ2n) is 13.7. The molecular formula is C28H56O5Si2. The molecule has 0 aromatic rings. The second-order valence-corrected chi connectivity index (χ2v) is 23.2. The lowest BCUT2D eigenvalue weighted by atomic mass is 9.85. The van der Waals surface area contributed by atoms with E-state index in [1.165, 1.54) is 7.11 Å². The molecule has 0 N–H and O–H groups in total. The Morgan fingerprint density at radius 2 is 1.26 bits per heavy atom. The molecule has 4 atom stereocenters. The van der Waals surface area contributed by atoms with Crippen molar-refractivity contribution < 1.29 is 23.2 Å². The van der Waals surface area contributed by atoms with E-state index in [0.29, 0.717) is 24.7 Å². The number of carbonyl (C=O) groups excluding carboxylic acids is 2. The van der Waals surface area contributed by atoms with Crippen LogP contribution >= 0.6 is 0 Å². The molecular weight excluding hydrogens is 472 g/mol. The van der Waals surface area contributed by atoms with E-state index < -0.39 is 16.6 Å². The molecule has 0 bridgehead atoms. The summed E-state index contributed by atoms with van der Waals surface area (Å²) in [5.74, 6) is 0.654. The minimum atomic E-state index is -1.95. The van der Waals surface area contributed by atoms with Gasteiger partial charge in [-0.25, -0.2) is 0 Å². The Labute approximate surface area is 218 Å². The lowest BCUT2D eigenvalue weighted by Crippen LogP contribution is -2.45. The van der Waals surface area contributed by atoms with Crippen LogP contribution in [-0.2, 0) is 23.2 Å². The van der Waals surface area contributed by atoms with Crippen molar-refractivity contribution in [1.29, 1.82) is 0 Å². The van der Waals surface area contributed by atoms with Crippen molar-refractivity contribution in [1.82, 2.24) is 0 Å². The number of hydrogen-bond donors (Lipinski definition) is 0. The van der Waals surface area contributed by atoms with E-state index in [0.717, 1.165) is 51.2 Å². The van der Waals surface area contributed by atoms with Gasteiger partial charge in [-0.3, -0.25) is 4.79 Å². The summed E-state index contributed by atoms with van der Waals surface area (Å²) in [6.07, 6.45) is 9.57. The maximum Gasteiger partial charge on any atom is 0.305 e. The molecule has 0 saturated heterocycles. The average Bonchev–Trinajstić information content (AvgIpc) is 3.01. The average molecular weight is 529 g/mol. The van der Waals surface area contributed by atoms with Gasteiger partial charge in [0.05, 0.1) is 19.3 Å². The van der Waals surface area contributed by atoms with Crippen molar-refractivity contribution in [2.75, 3.05) is 7.11 Å². The predicted octanol–water partition coefficient (Wildman–Crippen LogP) is 7.90. The molecule has 0 radical (unpaired) electrons. The van der Waals surface area contributed by atoms with Gasteiger partial charge in [0.2, 0.25) is 0 Å². The van der Waals surface area contributed by atoms with Crippen LogP contribution in [0.5, 0.6) is 0 Å². The summed E-state index contributed by atoms with van der Waals surface area (Å²) < 4.78 is 18.9. The molecule has 5 nitrogen and oxygen atoms in total. The fraction of sp³-hybridized carbons (Fsp3) is 0.929. The third-order valence-corrected chi connectivity index (χ3v) is 18.0. The first-order valence-corrected chi connectivity index (χ1v) is 19.6. The Morgan fingerprint density at radius 3 is 1.69 bits per heavy atom. The molecule has 206 valence electrons. The zero-order valence-electron chi connectivity index (χ0n) is 24.8. The van der Waals surface area contributed by atoms with Crippen LogP contribution in [0.1, 0.15) is 99.3 Å². The van der Waals surface area contributed by atoms with E-state index in [4.69, 9.17) is 13.6 Å². The third kappa shape index (κ3) is 9.71. The number of unbranched alkanes of at least 4 members (excludes halogenated alkanes) is 3. The number of methoxy groups -OCH3 is 1. The fourth-order valence-electron chi connectivity index (χ4n) is 4.68. The third-order valence-electron chi connectivity index (χ3n) is 8.99. The van der Waals surface area contributed by atoms with Crippen molar-refractivity contribution in [2.45, 2.75) is 148 Å². The van der Waals surface area contributed by atoms with Crippen LogP contribution in [-0.4, -0.2) is 48.2 Å². The van der Waals surface area contributed by atoms with Gasteiger partial charge >= 0.3 is 5.97 Å². The highest BCUT2D eigenvalue weighted by Gasteiger charge is 2.50. The normalized spacial score (nSPS) is 24.0. The molecule has 0 aliphatic heterocycles. The smallest absolute Gasteiger partial charge is 0.305 e. The quantitative estimate of drug-likeness (QED) is 0.0992. The highest BCUT2D eigenvalue weighted by Crippen LogP contribution is 2.48. The van der Waals surface area contributed by atoms with Crippen LogP contribution in [0.4, 0.5) is 0 Å². The lowest BCUT2D eigenvalue weighted by Gasteiger charge is -2.40. The summed E-state index contributed by atoms with van der Waals surface area (Å²) in [6, 6.07) is 0. The predicted molar refractivity (Wildman–Crippen MR) is 151 cm³/mol. The fourth-order valence-corrected chi connectivity index (χ4v) is 7.44. The van der Waals surface area contributed by atoms with Gasteiger partial charge < -0.3 is 18.4 Å². The summed E-state index contributed by atoms with van der Waals surface area (Å²) in [5.41, 5.74) is 0. The van der Waals surface area contributed by atoms with Gasteiger partial charge in [-0.15, -0.1) is 0 Å². The standard InChI is InChI=1S/C28H56O5Si2/c1-27(2,3)34(8,9)32-24-21-25(33-35(10,11)28(4,5)6)23(18-16-20-29)22(24)17-14-12-13-15-19-26(30)31-7/h20,22-25H,12-19,21H2,1-11H3/t22-,23-,24?,25-/m1/s1. The van der Waals surface area contributed by atoms with Crippen LogP contribution in [0.3, 0.4) is 0 Å². The number of carbonyl (C=O) groups is 2. The van der Waals surface area contributed by atoms with Gasteiger partial charge in [-0.2, -0.15) is 0 Å². The summed E-state index contributed by atoms with van der Waals surface area (Å²) in [7, 11) is -2.43. The van der Waals surface area contributed by atoms with Gasteiger partial charge in [0.1, 0.15) is 6.29 Å². The molecule has 1 fully saturated rings. The molecule has 0 spiro atoms. The van der Waals surface area contributed by atoms with Crippen molar-refractivity contribution in [3.8, 4) is 0 Å². The van der Waals surface area contributed by atoms with Crippen molar-refractivity contribution in [3.63, 3.8) is 0 Å². The summed E-state index contributed by atoms with van der Waals surface area (Å²) in [4.78, 5) is 22.8. The number of ether oxygens (including phenoxy) is 1. The minimum Gasteiger partial charge on any atom is -0.469 e. The number of aldehydes is 1. The van der Waals surface area contributed by atoms with Crippen LogP contribution in [0, 0.1) is 11.8 Å². The molecule has 1 rings (SSSR count). The molecule has 1 aliphatic rings. The zero-order chi connectivity index (χ0) is 27.1. The molecule has 1 saturated carbocycles. The maximum absolute atomic E-state index is 11.4. The Hall–Kier alpha value is -0.506. The molecule has 0 aromatic heterocycles. The largest absolute Gasteiger partial charge is 0.469 e. The highest BCUT2D eigenvalue weighted by molar-refractivity contribution is 6.74. The zero-order valence-corrected chi connectivity index (χ0v) is 26.8. The van der Waals surface area contributed by atoms with Gasteiger partial charge in [-0.1, -0.05) is 60.8 Å². The Bertz CT molecular complexity index is 663. The van der Waals surface area contributed by atoms with E-state index >= 15 is 0 Å². The molecule has 1 aliphatic carbocycles. The van der Waals surface area contributed by atoms with E-state index in [1.807, 2.05) is 0 Å². The van der Waals surface area contributed by atoms with E-state index in [9.17, 15) is 9.59 Å². The maximum atomic E-state index is 11.4. The molecule has 1 unspecified atom stereocenters. The first kappa shape index (κ1) is 32.5. The van der Waals surface area contributed by atoms with Gasteiger partial charge in [-0.05, 0) is 73.8 Å². The second kappa shape index (κ2) is 13.3. The number of hydrogen-bond acceptors (Lipinski definition) is 5. The molecule has 0 heterocycles. The lowest BCUT2D eigenvalue weighted by molar-refractivity contribution is -0.140. The van der Waals surface area contributed by atoms with E-state index in [2.05, 4.69) is 67.7 Å². The first-order chi connectivity index (χ1) is 16.0. The Morgan fingerprint density at radius 1 is 0.800 bits per heavy atom. The van der Waals surface area contributed by atoms with Crippen LogP contribution < -0.4 is 0 Å². The molecule has 7 heteroatoms. The SMILES string of the molecule is COC(=O)CCCCCC[C@H]1C(O[Si](C)(C)C(C)(C)C)C[C@@H](O[Si](C)(C)C(C)(C)C)[C@@H]1CCC=O. The minimum absolute atomic E-state index is 0.122. The first-order valence-electron chi connectivity index (χ1n) is 13.8. The van der Waals surface area contributed by atoms with Gasteiger partial charge in [0.15, 0.2) is 16.6 Å². The molecule has 35 heavy (non-hydrogen) atoms. The Kier molecular flexibility index (Phi) is 12.4. The topological polar surface area (TPSA) is 61.8 Å². The van der Waals surface area contributed by atoms with Crippen LogP contribution in [0.25, 0.3) is 0 Å². The van der Waals surface area contributed by atoms with E-state index in [1.54, 1.807) is 0 Å². The summed E-state index contributed by atoms with van der Waals surface area (Å²) in [5, 5.41) is 0.303. The number of rotatable bonds is 14. The monoisotopic (exact) mass is 528 g/mol. The highest BCUT2D eigenvalue weighted by atomic mass is 28.4.